The number of hydrogen-bond acceptors (Lipinski definition) is 4. The fourth-order valence-electron chi connectivity index (χ4n) is 1.86. The Morgan fingerprint density at radius 3 is 3.14 bits per heavy atom. The molecule has 1 aliphatic rings. The molecule has 1 unspecified atom stereocenters. The van der Waals surface area contributed by atoms with E-state index in [1.54, 1.807) is 11.3 Å². The Balaban J connectivity index is 1.77. The first-order valence-electron chi connectivity index (χ1n) is 5.13. The van der Waals surface area contributed by atoms with E-state index in [-0.39, 0.29) is 0 Å². The number of aromatic nitrogens is 1. The number of rotatable bonds is 3. The second-order valence-corrected chi connectivity index (χ2v) is 5.02. The normalized spacial score (nSPS) is 23.1. The molecule has 2 rings (SSSR count). The van der Waals surface area contributed by atoms with Crippen LogP contribution in [0.2, 0.25) is 0 Å². The highest BCUT2D eigenvalue weighted by Crippen LogP contribution is 2.11. The van der Waals surface area contributed by atoms with E-state index in [0.29, 0.717) is 6.04 Å². The molecule has 0 radical (unpaired) electrons. The maximum atomic E-state index is 5.84. The van der Waals surface area contributed by atoms with E-state index in [1.165, 1.54) is 5.69 Å². The van der Waals surface area contributed by atoms with Crippen LogP contribution < -0.4 is 5.73 Å². The minimum Gasteiger partial charge on any atom is -0.326 e. The Morgan fingerprint density at radius 2 is 2.57 bits per heavy atom. The fraction of sp³-hybridized carbons (Fsp3) is 0.700. The monoisotopic (exact) mass is 211 g/mol. The van der Waals surface area contributed by atoms with Gasteiger partial charge in [0.1, 0.15) is 0 Å². The quantitative estimate of drug-likeness (QED) is 0.812. The van der Waals surface area contributed by atoms with Gasteiger partial charge in [-0.1, -0.05) is 0 Å². The molecule has 2 heterocycles. The highest BCUT2D eigenvalue weighted by molar-refractivity contribution is 7.09. The van der Waals surface area contributed by atoms with Gasteiger partial charge in [-0.15, -0.1) is 11.3 Å². The predicted molar refractivity (Wildman–Crippen MR) is 59.6 cm³/mol. The van der Waals surface area contributed by atoms with Gasteiger partial charge in [0.2, 0.25) is 0 Å². The molecule has 0 aliphatic carbocycles. The summed E-state index contributed by atoms with van der Waals surface area (Å²) in [5.41, 5.74) is 7.07. The lowest BCUT2D eigenvalue weighted by atomic mass is 10.3. The minimum absolute atomic E-state index is 0.396. The summed E-state index contributed by atoms with van der Waals surface area (Å²) in [6.45, 7) is 5.38. The second-order valence-electron chi connectivity index (χ2n) is 3.96. The van der Waals surface area contributed by atoms with Crippen LogP contribution in [0.15, 0.2) is 5.38 Å². The molecule has 1 aromatic rings. The van der Waals surface area contributed by atoms with Crippen molar-refractivity contribution in [1.82, 2.24) is 9.88 Å². The molecular weight excluding hydrogens is 194 g/mol. The van der Waals surface area contributed by atoms with Crippen LogP contribution >= 0.6 is 11.3 Å². The third kappa shape index (κ3) is 2.53. The Morgan fingerprint density at radius 1 is 1.71 bits per heavy atom. The summed E-state index contributed by atoms with van der Waals surface area (Å²) in [6.07, 6.45) is 2.22. The summed E-state index contributed by atoms with van der Waals surface area (Å²) in [5, 5.41) is 3.32. The molecular formula is C10H17N3S. The van der Waals surface area contributed by atoms with Crippen molar-refractivity contribution in [3.05, 3.63) is 16.1 Å². The maximum Gasteiger partial charge on any atom is 0.0897 e. The van der Waals surface area contributed by atoms with Crippen LogP contribution in [-0.4, -0.2) is 35.6 Å². The molecule has 1 aliphatic heterocycles. The summed E-state index contributed by atoms with van der Waals surface area (Å²) in [6, 6.07) is 0.396. The van der Waals surface area contributed by atoms with E-state index in [1.807, 2.05) is 0 Å². The summed E-state index contributed by atoms with van der Waals surface area (Å²) in [4.78, 5) is 6.88. The summed E-state index contributed by atoms with van der Waals surface area (Å²) >= 11 is 1.73. The van der Waals surface area contributed by atoms with Crippen molar-refractivity contribution in [3.8, 4) is 0 Å². The maximum absolute atomic E-state index is 5.84. The van der Waals surface area contributed by atoms with E-state index >= 15 is 0 Å². The van der Waals surface area contributed by atoms with E-state index in [9.17, 15) is 0 Å². The molecule has 3 nitrogen and oxygen atoms in total. The molecule has 1 atom stereocenters. The van der Waals surface area contributed by atoms with Crippen LogP contribution in [0, 0.1) is 6.92 Å². The van der Waals surface area contributed by atoms with Gasteiger partial charge in [0, 0.05) is 30.9 Å². The van der Waals surface area contributed by atoms with Crippen LogP contribution in [0.5, 0.6) is 0 Å². The molecule has 0 amide bonds. The Kier molecular flexibility index (Phi) is 3.15. The van der Waals surface area contributed by atoms with Crippen molar-refractivity contribution in [2.24, 2.45) is 5.73 Å². The van der Waals surface area contributed by atoms with Crippen molar-refractivity contribution in [2.45, 2.75) is 25.8 Å². The van der Waals surface area contributed by atoms with Crippen LogP contribution in [0.4, 0.5) is 0 Å². The molecule has 1 aromatic heterocycles. The molecule has 0 bridgehead atoms. The van der Waals surface area contributed by atoms with Crippen LogP contribution in [0.25, 0.3) is 0 Å². The van der Waals surface area contributed by atoms with Crippen molar-refractivity contribution in [1.29, 1.82) is 0 Å². The molecule has 4 heteroatoms. The van der Waals surface area contributed by atoms with Crippen LogP contribution in [0.1, 0.15) is 17.1 Å². The van der Waals surface area contributed by atoms with Gasteiger partial charge in [-0.3, -0.25) is 0 Å². The lowest BCUT2D eigenvalue weighted by Gasteiger charge is -2.13. The lowest BCUT2D eigenvalue weighted by molar-refractivity contribution is 0.338. The van der Waals surface area contributed by atoms with Crippen molar-refractivity contribution >= 4 is 11.3 Å². The topological polar surface area (TPSA) is 42.2 Å². The summed E-state index contributed by atoms with van der Waals surface area (Å²) in [7, 11) is 0. The molecule has 0 saturated carbocycles. The molecule has 14 heavy (non-hydrogen) atoms. The van der Waals surface area contributed by atoms with E-state index < -0.39 is 0 Å². The Bertz CT molecular complexity index is 297. The number of hydrogen-bond donors (Lipinski definition) is 1. The van der Waals surface area contributed by atoms with Gasteiger partial charge in [-0.25, -0.2) is 4.98 Å². The van der Waals surface area contributed by atoms with Crippen molar-refractivity contribution in [3.63, 3.8) is 0 Å². The predicted octanol–water partition coefficient (Wildman–Crippen LogP) is 1.03. The van der Waals surface area contributed by atoms with Gasteiger partial charge >= 0.3 is 0 Å². The fourth-order valence-corrected chi connectivity index (χ4v) is 2.51. The molecule has 1 saturated heterocycles. The van der Waals surface area contributed by atoms with Gasteiger partial charge in [0.25, 0.3) is 0 Å². The van der Waals surface area contributed by atoms with E-state index in [4.69, 9.17) is 5.73 Å². The van der Waals surface area contributed by atoms with Gasteiger partial charge in [-0.2, -0.15) is 0 Å². The molecule has 2 N–H and O–H groups in total. The summed E-state index contributed by atoms with van der Waals surface area (Å²) < 4.78 is 0. The summed E-state index contributed by atoms with van der Waals surface area (Å²) in [5.74, 6) is 0. The molecule has 1 fully saturated rings. The van der Waals surface area contributed by atoms with Gasteiger partial charge in [0.15, 0.2) is 0 Å². The van der Waals surface area contributed by atoms with Crippen molar-refractivity contribution in [2.75, 3.05) is 19.6 Å². The zero-order chi connectivity index (χ0) is 9.97. The van der Waals surface area contributed by atoms with Gasteiger partial charge < -0.3 is 10.6 Å². The first-order chi connectivity index (χ1) is 6.74. The largest absolute Gasteiger partial charge is 0.326 e. The third-order valence-electron chi connectivity index (χ3n) is 2.66. The van der Waals surface area contributed by atoms with E-state index in [0.717, 1.165) is 37.5 Å². The standard InChI is InChI=1S/C10H17N3S/c1-8-12-10(7-14-8)3-5-13-4-2-9(11)6-13/h7,9H,2-6,11H2,1H3. The SMILES string of the molecule is Cc1nc(CCN2CCC(N)C2)cs1. The highest BCUT2D eigenvalue weighted by Gasteiger charge is 2.18. The molecule has 0 aromatic carbocycles. The number of thiazole rings is 1. The zero-order valence-electron chi connectivity index (χ0n) is 8.57. The number of aryl methyl sites for hydroxylation is 1. The molecule has 0 spiro atoms. The smallest absolute Gasteiger partial charge is 0.0897 e. The Hall–Kier alpha value is -0.450. The van der Waals surface area contributed by atoms with Crippen LogP contribution in [0.3, 0.4) is 0 Å². The minimum atomic E-state index is 0.396. The number of nitrogens with two attached hydrogens (primary N) is 1. The average molecular weight is 211 g/mol. The van der Waals surface area contributed by atoms with E-state index in [2.05, 4.69) is 22.2 Å². The number of nitrogens with zero attached hydrogens (tertiary/aromatic N) is 2. The Labute approximate surface area is 88.9 Å². The first kappa shape index (κ1) is 10.1. The van der Waals surface area contributed by atoms with Crippen molar-refractivity contribution < 1.29 is 0 Å². The zero-order valence-corrected chi connectivity index (χ0v) is 9.39. The average Bonchev–Trinajstić information content (AvgIpc) is 2.72. The lowest BCUT2D eigenvalue weighted by Crippen LogP contribution is -2.28. The molecule has 78 valence electrons. The van der Waals surface area contributed by atoms with Gasteiger partial charge in [-0.05, 0) is 19.9 Å². The number of likely N-dealkylation sites (tertiary alicyclic amines) is 1. The highest BCUT2D eigenvalue weighted by atomic mass is 32.1. The third-order valence-corrected chi connectivity index (χ3v) is 3.48. The van der Waals surface area contributed by atoms with Crippen LogP contribution in [-0.2, 0) is 6.42 Å². The first-order valence-corrected chi connectivity index (χ1v) is 6.01. The van der Waals surface area contributed by atoms with Gasteiger partial charge in [0.05, 0.1) is 10.7 Å². The second kappa shape index (κ2) is 4.38.